The molecule has 0 spiro atoms. The Hall–Kier alpha value is -2.05. The van der Waals surface area contributed by atoms with Crippen LogP contribution in [-0.4, -0.2) is 39.2 Å². The summed E-state index contributed by atoms with van der Waals surface area (Å²) in [5, 5.41) is 15.2. The third-order valence-corrected chi connectivity index (χ3v) is 2.66. The van der Waals surface area contributed by atoms with E-state index in [-0.39, 0.29) is 6.54 Å². The van der Waals surface area contributed by atoms with Gasteiger partial charge >= 0.3 is 12.0 Å². The van der Waals surface area contributed by atoms with Gasteiger partial charge in [0.05, 0.1) is 12.7 Å². The SMILES string of the molecule is CCN(C(=O)NCc1ccno1)C(C)(C)C(=O)O. The Morgan fingerprint density at radius 1 is 1.56 bits per heavy atom. The van der Waals surface area contributed by atoms with Gasteiger partial charge < -0.3 is 19.8 Å². The molecule has 100 valence electrons. The van der Waals surface area contributed by atoms with Crippen molar-refractivity contribution >= 4 is 12.0 Å². The first kappa shape index (κ1) is 14.0. The van der Waals surface area contributed by atoms with Crippen LogP contribution in [0.25, 0.3) is 0 Å². The van der Waals surface area contributed by atoms with Gasteiger partial charge in [0.1, 0.15) is 5.54 Å². The number of carboxylic acids is 1. The molecular weight excluding hydrogens is 238 g/mol. The number of carboxylic acid groups (broad SMARTS) is 1. The highest BCUT2D eigenvalue weighted by Gasteiger charge is 2.36. The summed E-state index contributed by atoms with van der Waals surface area (Å²) in [5.74, 6) is -0.549. The van der Waals surface area contributed by atoms with Gasteiger partial charge in [-0.3, -0.25) is 0 Å². The van der Waals surface area contributed by atoms with Gasteiger partial charge in [-0.15, -0.1) is 0 Å². The predicted molar refractivity (Wildman–Crippen MR) is 62.8 cm³/mol. The number of hydrogen-bond acceptors (Lipinski definition) is 4. The van der Waals surface area contributed by atoms with E-state index in [1.165, 1.54) is 24.9 Å². The molecule has 0 unspecified atom stereocenters. The highest BCUT2D eigenvalue weighted by molar-refractivity contribution is 5.85. The molecule has 7 heteroatoms. The number of nitrogens with zero attached hydrogens (tertiary/aromatic N) is 2. The van der Waals surface area contributed by atoms with Crippen LogP contribution in [0.1, 0.15) is 26.5 Å². The highest BCUT2D eigenvalue weighted by Crippen LogP contribution is 2.14. The first-order chi connectivity index (χ1) is 8.39. The van der Waals surface area contributed by atoms with Crippen molar-refractivity contribution in [1.82, 2.24) is 15.4 Å². The van der Waals surface area contributed by atoms with Gasteiger partial charge in [0.2, 0.25) is 0 Å². The standard InChI is InChI=1S/C11H17N3O4/c1-4-14(11(2,3)9(15)16)10(17)12-7-8-5-6-13-18-8/h5-6H,4,7H2,1-3H3,(H,12,17)(H,15,16). The minimum atomic E-state index is -1.26. The van der Waals surface area contributed by atoms with Gasteiger partial charge in [0.25, 0.3) is 0 Å². The molecule has 2 N–H and O–H groups in total. The number of amides is 2. The van der Waals surface area contributed by atoms with Crippen molar-refractivity contribution in [2.45, 2.75) is 32.9 Å². The number of carbonyl (C=O) groups excluding carboxylic acids is 1. The van der Waals surface area contributed by atoms with E-state index in [9.17, 15) is 9.59 Å². The first-order valence-electron chi connectivity index (χ1n) is 5.58. The average Bonchev–Trinajstić information content (AvgIpc) is 2.79. The number of aromatic nitrogens is 1. The molecule has 0 atom stereocenters. The normalized spacial score (nSPS) is 11.1. The maximum atomic E-state index is 11.9. The molecule has 2 amide bonds. The Balaban J connectivity index is 2.65. The summed E-state index contributed by atoms with van der Waals surface area (Å²) in [4.78, 5) is 24.3. The molecule has 0 aliphatic heterocycles. The van der Waals surface area contributed by atoms with E-state index in [2.05, 4.69) is 10.5 Å². The fourth-order valence-electron chi connectivity index (χ4n) is 1.50. The number of likely N-dealkylation sites (N-methyl/N-ethyl adjacent to an activating group) is 1. The van der Waals surface area contributed by atoms with Gasteiger partial charge in [-0.1, -0.05) is 5.16 Å². The second-order valence-corrected chi connectivity index (χ2v) is 4.25. The summed E-state index contributed by atoms with van der Waals surface area (Å²) in [6.45, 7) is 5.14. The lowest BCUT2D eigenvalue weighted by Crippen LogP contribution is -2.55. The second-order valence-electron chi connectivity index (χ2n) is 4.25. The van der Waals surface area contributed by atoms with Gasteiger partial charge in [0.15, 0.2) is 5.76 Å². The van der Waals surface area contributed by atoms with Crippen molar-refractivity contribution in [2.24, 2.45) is 0 Å². The summed E-state index contributed by atoms with van der Waals surface area (Å²) >= 11 is 0. The van der Waals surface area contributed by atoms with Crippen molar-refractivity contribution in [2.75, 3.05) is 6.54 Å². The van der Waals surface area contributed by atoms with Crippen LogP contribution >= 0.6 is 0 Å². The van der Waals surface area contributed by atoms with Gasteiger partial charge in [-0.25, -0.2) is 9.59 Å². The third kappa shape index (κ3) is 2.99. The minimum absolute atomic E-state index is 0.172. The summed E-state index contributed by atoms with van der Waals surface area (Å²) in [6, 6.07) is 1.17. The molecule has 0 radical (unpaired) electrons. The van der Waals surface area contributed by atoms with Crippen LogP contribution in [-0.2, 0) is 11.3 Å². The smallest absolute Gasteiger partial charge is 0.329 e. The molecule has 0 saturated heterocycles. The molecule has 0 aliphatic carbocycles. The van der Waals surface area contributed by atoms with Crippen molar-refractivity contribution in [3.8, 4) is 0 Å². The quantitative estimate of drug-likeness (QED) is 0.820. The molecule has 0 saturated carbocycles. The number of hydrogen-bond donors (Lipinski definition) is 2. The number of aliphatic carboxylic acids is 1. The van der Waals surface area contributed by atoms with Crippen LogP contribution in [0.5, 0.6) is 0 Å². The van der Waals surface area contributed by atoms with Gasteiger partial charge in [0, 0.05) is 12.6 Å². The van der Waals surface area contributed by atoms with Crippen LogP contribution in [0, 0.1) is 0 Å². The topological polar surface area (TPSA) is 95.7 Å². The Labute approximate surface area is 105 Å². The number of carbonyl (C=O) groups is 2. The van der Waals surface area contributed by atoms with E-state index in [0.29, 0.717) is 12.3 Å². The van der Waals surface area contributed by atoms with E-state index in [4.69, 9.17) is 9.63 Å². The maximum absolute atomic E-state index is 11.9. The molecule has 0 aliphatic rings. The first-order valence-corrected chi connectivity index (χ1v) is 5.58. The largest absolute Gasteiger partial charge is 0.480 e. The summed E-state index contributed by atoms with van der Waals surface area (Å²) in [7, 11) is 0. The number of nitrogens with one attached hydrogen (secondary N) is 1. The zero-order valence-electron chi connectivity index (χ0n) is 10.6. The lowest BCUT2D eigenvalue weighted by atomic mass is 10.0. The van der Waals surface area contributed by atoms with E-state index < -0.39 is 17.5 Å². The van der Waals surface area contributed by atoms with E-state index in [1.807, 2.05) is 0 Å². The number of rotatable bonds is 5. The van der Waals surface area contributed by atoms with Crippen molar-refractivity contribution in [3.63, 3.8) is 0 Å². The van der Waals surface area contributed by atoms with Gasteiger partial charge in [-0.05, 0) is 20.8 Å². The zero-order chi connectivity index (χ0) is 13.8. The Kier molecular flexibility index (Phi) is 4.30. The molecule has 1 rings (SSSR count). The Morgan fingerprint density at radius 2 is 2.22 bits per heavy atom. The van der Waals surface area contributed by atoms with Crippen molar-refractivity contribution < 1.29 is 19.2 Å². The monoisotopic (exact) mass is 255 g/mol. The summed E-state index contributed by atoms with van der Waals surface area (Å²) in [5.41, 5.74) is -1.26. The number of urea groups is 1. The van der Waals surface area contributed by atoms with Crippen LogP contribution in [0.2, 0.25) is 0 Å². The lowest BCUT2D eigenvalue weighted by molar-refractivity contribution is -0.147. The fraction of sp³-hybridized carbons (Fsp3) is 0.545. The lowest BCUT2D eigenvalue weighted by Gasteiger charge is -2.34. The predicted octanol–water partition coefficient (Wildman–Crippen LogP) is 1.07. The maximum Gasteiger partial charge on any atom is 0.329 e. The van der Waals surface area contributed by atoms with E-state index in [0.717, 1.165) is 0 Å². The Morgan fingerprint density at radius 3 is 2.67 bits per heavy atom. The molecule has 7 nitrogen and oxygen atoms in total. The van der Waals surface area contributed by atoms with Crippen LogP contribution < -0.4 is 5.32 Å². The minimum Gasteiger partial charge on any atom is -0.480 e. The van der Waals surface area contributed by atoms with Gasteiger partial charge in [-0.2, -0.15) is 0 Å². The van der Waals surface area contributed by atoms with Crippen LogP contribution in [0.3, 0.4) is 0 Å². The molecule has 1 aromatic heterocycles. The Bertz CT molecular complexity index is 414. The molecule has 0 bridgehead atoms. The highest BCUT2D eigenvalue weighted by atomic mass is 16.5. The fourth-order valence-corrected chi connectivity index (χ4v) is 1.50. The third-order valence-electron chi connectivity index (χ3n) is 2.66. The molecule has 1 aromatic rings. The molecule has 0 fully saturated rings. The van der Waals surface area contributed by atoms with Crippen LogP contribution in [0.4, 0.5) is 4.79 Å². The summed E-state index contributed by atoms with van der Waals surface area (Å²) < 4.78 is 4.83. The van der Waals surface area contributed by atoms with Crippen LogP contribution in [0.15, 0.2) is 16.8 Å². The van der Waals surface area contributed by atoms with Crippen molar-refractivity contribution in [1.29, 1.82) is 0 Å². The van der Waals surface area contributed by atoms with Crippen molar-refractivity contribution in [3.05, 3.63) is 18.0 Å². The molecule has 1 heterocycles. The molecular formula is C11H17N3O4. The molecule has 0 aromatic carbocycles. The zero-order valence-corrected chi connectivity index (χ0v) is 10.6. The average molecular weight is 255 g/mol. The molecule has 18 heavy (non-hydrogen) atoms. The van der Waals surface area contributed by atoms with E-state index >= 15 is 0 Å². The van der Waals surface area contributed by atoms with E-state index in [1.54, 1.807) is 13.0 Å². The second kappa shape index (κ2) is 5.52. The summed E-state index contributed by atoms with van der Waals surface area (Å²) in [6.07, 6.45) is 1.47.